The maximum absolute atomic E-state index is 12.3. The van der Waals surface area contributed by atoms with Crippen LogP contribution in [0.4, 0.5) is 0 Å². The molecule has 1 aliphatic rings. The molecule has 0 spiro atoms. The Morgan fingerprint density at radius 3 is 2.43 bits per heavy atom. The highest BCUT2D eigenvalue weighted by Gasteiger charge is 2.25. The molecule has 2 heterocycles. The molecule has 2 aromatic rings. The first-order valence-electron chi connectivity index (χ1n) is 7.06. The van der Waals surface area contributed by atoms with Crippen LogP contribution in [-0.4, -0.2) is 33.9 Å². The minimum atomic E-state index is -0.0642. The van der Waals surface area contributed by atoms with Gasteiger partial charge in [-0.05, 0) is 24.3 Å². The van der Waals surface area contributed by atoms with Crippen molar-refractivity contribution in [1.29, 1.82) is 0 Å². The van der Waals surface area contributed by atoms with Crippen molar-refractivity contribution >= 4 is 17.5 Å². The molecule has 1 saturated heterocycles. The van der Waals surface area contributed by atoms with Crippen molar-refractivity contribution in [2.24, 2.45) is 0 Å². The molecule has 0 radical (unpaired) electrons. The molecular formula is C16H16ClN3O. The Morgan fingerprint density at radius 1 is 1.10 bits per heavy atom. The van der Waals surface area contributed by atoms with E-state index in [0.29, 0.717) is 16.8 Å². The number of hydrogen-bond donors (Lipinski definition) is 0. The first-order chi connectivity index (χ1) is 10.2. The molecule has 1 aromatic carbocycles. The van der Waals surface area contributed by atoms with E-state index in [1.54, 1.807) is 0 Å². The lowest BCUT2D eigenvalue weighted by atomic mass is 9.89. The van der Waals surface area contributed by atoms with Crippen molar-refractivity contribution in [3.8, 4) is 0 Å². The Labute approximate surface area is 128 Å². The highest BCUT2D eigenvalue weighted by molar-refractivity contribution is 6.29. The molecular weight excluding hydrogens is 286 g/mol. The number of benzene rings is 1. The van der Waals surface area contributed by atoms with Crippen LogP contribution in [0.5, 0.6) is 0 Å². The van der Waals surface area contributed by atoms with Gasteiger partial charge in [0.1, 0.15) is 10.8 Å². The van der Waals surface area contributed by atoms with Gasteiger partial charge in [-0.2, -0.15) is 0 Å². The first kappa shape index (κ1) is 14.0. The van der Waals surface area contributed by atoms with Crippen molar-refractivity contribution in [3.63, 3.8) is 0 Å². The van der Waals surface area contributed by atoms with Crippen molar-refractivity contribution < 1.29 is 4.79 Å². The molecule has 4 nitrogen and oxygen atoms in total. The number of piperidine rings is 1. The maximum atomic E-state index is 12.3. The molecule has 0 atom stereocenters. The Bertz CT molecular complexity index is 607. The Kier molecular flexibility index (Phi) is 4.15. The second-order valence-corrected chi connectivity index (χ2v) is 5.59. The second-order valence-electron chi connectivity index (χ2n) is 5.20. The summed E-state index contributed by atoms with van der Waals surface area (Å²) in [6.07, 6.45) is 4.81. The van der Waals surface area contributed by atoms with Gasteiger partial charge in [0.05, 0.1) is 12.4 Å². The lowest BCUT2D eigenvalue weighted by molar-refractivity contribution is 0.0706. The molecule has 1 aliphatic heterocycles. The predicted octanol–water partition coefficient (Wildman–Crippen LogP) is 3.15. The van der Waals surface area contributed by atoms with Crippen LogP contribution < -0.4 is 0 Å². The molecule has 1 fully saturated rings. The Morgan fingerprint density at radius 2 is 1.81 bits per heavy atom. The normalized spacial score (nSPS) is 16.0. The van der Waals surface area contributed by atoms with E-state index in [1.165, 1.54) is 18.0 Å². The van der Waals surface area contributed by atoms with Gasteiger partial charge < -0.3 is 4.90 Å². The Balaban J connectivity index is 1.63. The Hall–Kier alpha value is -1.94. The first-order valence-corrected chi connectivity index (χ1v) is 7.43. The van der Waals surface area contributed by atoms with Crippen molar-refractivity contribution in [3.05, 3.63) is 59.1 Å². The summed E-state index contributed by atoms with van der Waals surface area (Å²) < 4.78 is 0. The highest BCUT2D eigenvalue weighted by atomic mass is 35.5. The third-order valence-electron chi connectivity index (χ3n) is 3.89. The van der Waals surface area contributed by atoms with Crippen LogP contribution in [0.3, 0.4) is 0 Å². The summed E-state index contributed by atoms with van der Waals surface area (Å²) in [5.74, 6) is 0.470. The summed E-state index contributed by atoms with van der Waals surface area (Å²) in [6.45, 7) is 1.51. The van der Waals surface area contributed by atoms with E-state index in [0.717, 1.165) is 25.9 Å². The van der Waals surface area contributed by atoms with Crippen molar-refractivity contribution in [2.45, 2.75) is 18.8 Å². The van der Waals surface area contributed by atoms with E-state index in [2.05, 4.69) is 34.2 Å². The maximum Gasteiger partial charge on any atom is 0.274 e. The molecule has 21 heavy (non-hydrogen) atoms. The lowest BCUT2D eigenvalue weighted by Crippen LogP contribution is -2.38. The summed E-state index contributed by atoms with van der Waals surface area (Å²) in [5, 5.41) is 0.300. The topological polar surface area (TPSA) is 46.1 Å². The summed E-state index contributed by atoms with van der Waals surface area (Å²) in [4.78, 5) is 22.1. The van der Waals surface area contributed by atoms with Gasteiger partial charge in [-0.25, -0.2) is 9.97 Å². The number of halogens is 1. The molecule has 3 rings (SSSR count). The van der Waals surface area contributed by atoms with Crippen LogP contribution in [0.15, 0.2) is 42.7 Å². The number of rotatable bonds is 2. The number of hydrogen-bond acceptors (Lipinski definition) is 3. The SMILES string of the molecule is O=C(c1cnc(Cl)cn1)N1CCC(c2ccccc2)CC1. The zero-order valence-electron chi connectivity index (χ0n) is 11.6. The van der Waals surface area contributed by atoms with Gasteiger partial charge >= 0.3 is 0 Å². The minimum absolute atomic E-state index is 0.0642. The highest BCUT2D eigenvalue weighted by Crippen LogP contribution is 2.28. The van der Waals surface area contributed by atoms with Gasteiger partial charge in [0.2, 0.25) is 0 Å². The zero-order chi connectivity index (χ0) is 14.7. The van der Waals surface area contributed by atoms with Crippen molar-refractivity contribution in [2.75, 3.05) is 13.1 Å². The number of likely N-dealkylation sites (tertiary alicyclic amines) is 1. The van der Waals surface area contributed by atoms with E-state index < -0.39 is 0 Å². The number of amides is 1. The van der Waals surface area contributed by atoms with E-state index in [4.69, 9.17) is 11.6 Å². The average molecular weight is 302 g/mol. The fourth-order valence-corrected chi connectivity index (χ4v) is 2.82. The van der Waals surface area contributed by atoms with Crippen LogP contribution in [0.2, 0.25) is 5.15 Å². The molecule has 0 bridgehead atoms. The molecule has 0 unspecified atom stereocenters. The number of nitrogens with zero attached hydrogens (tertiary/aromatic N) is 3. The molecule has 1 amide bonds. The smallest absolute Gasteiger partial charge is 0.274 e. The van der Waals surface area contributed by atoms with E-state index in [9.17, 15) is 4.79 Å². The van der Waals surface area contributed by atoms with E-state index in [-0.39, 0.29) is 5.91 Å². The predicted molar refractivity (Wildman–Crippen MR) is 81.4 cm³/mol. The summed E-state index contributed by atoms with van der Waals surface area (Å²) in [7, 11) is 0. The third kappa shape index (κ3) is 3.22. The van der Waals surface area contributed by atoms with Gasteiger partial charge in [-0.3, -0.25) is 4.79 Å². The molecule has 0 saturated carbocycles. The molecule has 108 valence electrons. The standard InChI is InChI=1S/C16H16ClN3O/c17-15-11-18-14(10-19-15)16(21)20-8-6-13(7-9-20)12-4-2-1-3-5-12/h1-5,10-11,13H,6-9H2. The van der Waals surface area contributed by atoms with E-state index >= 15 is 0 Å². The number of aromatic nitrogens is 2. The van der Waals surface area contributed by atoms with Gasteiger partial charge in [-0.15, -0.1) is 0 Å². The zero-order valence-corrected chi connectivity index (χ0v) is 12.3. The van der Waals surface area contributed by atoms with Crippen LogP contribution in [-0.2, 0) is 0 Å². The monoisotopic (exact) mass is 301 g/mol. The third-order valence-corrected chi connectivity index (χ3v) is 4.09. The van der Waals surface area contributed by atoms with Crippen LogP contribution in [0, 0.1) is 0 Å². The van der Waals surface area contributed by atoms with E-state index in [1.807, 2.05) is 11.0 Å². The molecule has 0 N–H and O–H groups in total. The average Bonchev–Trinajstić information content (AvgIpc) is 2.56. The summed E-state index contributed by atoms with van der Waals surface area (Å²) >= 11 is 5.69. The quantitative estimate of drug-likeness (QED) is 0.856. The second kappa shape index (κ2) is 6.22. The van der Waals surface area contributed by atoms with Crippen LogP contribution in [0.1, 0.15) is 34.8 Å². The lowest BCUT2D eigenvalue weighted by Gasteiger charge is -2.32. The molecule has 0 aliphatic carbocycles. The van der Waals surface area contributed by atoms with Gasteiger partial charge in [0.15, 0.2) is 0 Å². The van der Waals surface area contributed by atoms with Gasteiger partial charge in [0, 0.05) is 13.1 Å². The molecule has 5 heteroatoms. The fraction of sp³-hybridized carbons (Fsp3) is 0.312. The largest absolute Gasteiger partial charge is 0.337 e. The molecule has 1 aromatic heterocycles. The minimum Gasteiger partial charge on any atom is -0.337 e. The van der Waals surface area contributed by atoms with Crippen LogP contribution in [0.25, 0.3) is 0 Å². The number of carbonyl (C=O) groups is 1. The van der Waals surface area contributed by atoms with Gasteiger partial charge in [-0.1, -0.05) is 41.9 Å². The van der Waals surface area contributed by atoms with Crippen LogP contribution >= 0.6 is 11.6 Å². The fourth-order valence-electron chi connectivity index (χ4n) is 2.73. The van der Waals surface area contributed by atoms with Crippen molar-refractivity contribution in [1.82, 2.24) is 14.9 Å². The van der Waals surface area contributed by atoms with Gasteiger partial charge in [0.25, 0.3) is 5.91 Å². The number of carbonyl (C=O) groups excluding carboxylic acids is 1. The summed E-state index contributed by atoms with van der Waals surface area (Å²) in [5.41, 5.74) is 1.72. The summed E-state index contributed by atoms with van der Waals surface area (Å²) in [6, 6.07) is 10.5.